The van der Waals surface area contributed by atoms with Crippen LogP contribution >= 0.6 is 11.6 Å². The molecular weight excluding hydrogens is 213 g/mol. The van der Waals surface area contributed by atoms with Gasteiger partial charge in [0, 0.05) is 13.1 Å². The summed E-state index contributed by atoms with van der Waals surface area (Å²) in [5, 5.41) is 3.48. The molecule has 15 heavy (non-hydrogen) atoms. The molecule has 1 heterocycles. The van der Waals surface area contributed by atoms with Gasteiger partial charge in [-0.25, -0.2) is 4.39 Å². The molecule has 2 rings (SSSR count). The highest BCUT2D eigenvalue weighted by atomic mass is 35.5. The Hall–Kier alpha value is -0.600. The van der Waals surface area contributed by atoms with E-state index < -0.39 is 0 Å². The fourth-order valence-electron chi connectivity index (χ4n) is 2.06. The Labute approximate surface area is 94.6 Å². The molecule has 1 aromatic carbocycles. The lowest BCUT2D eigenvalue weighted by atomic mass is 9.74. The van der Waals surface area contributed by atoms with Gasteiger partial charge in [-0.1, -0.05) is 24.6 Å². The highest BCUT2D eigenvalue weighted by Gasteiger charge is 2.34. The van der Waals surface area contributed by atoms with Gasteiger partial charge in [-0.05, 0) is 36.0 Å². The van der Waals surface area contributed by atoms with Crippen LogP contribution in [0.2, 0.25) is 5.02 Å². The SMILES string of the molecule is CCC1(Cc2ccc(Cl)c(F)c2)CNC1. The van der Waals surface area contributed by atoms with Gasteiger partial charge in [-0.2, -0.15) is 0 Å². The molecule has 1 N–H and O–H groups in total. The van der Waals surface area contributed by atoms with E-state index in [2.05, 4.69) is 12.2 Å². The van der Waals surface area contributed by atoms with Gasteiger partial charge in [0.05, 0.1) is 5.02 Å². The van der Waals surface area contributed by atoms with E-state index in [0.29, 0.717) is 5.41 Å². The first-order valence-corrected chi connectivity index (χ1v) is 5.68. The van der Waals surface area contributed by atoms with E-state index in [1.807, 2.05) is 6.07 Å². The number of hydrogen-bond donors (Lipinski definition) is 1. The lowest BCUT2D eigenvalue weighted by Gasteiger charge is -2.42. The van der Waals surface area contributed by atoms with Crippen molar-refractivity contribution in [2.24, 2.45) is 5.41 Å². The molecule has 1 aliphatic rings. The zero-order chi connectivity index (χ0) is 10.9. The number of hydrogen-bond acceptors (Lipinski definition) is 1. The van der Waals surface area contributed by atoms with Gasteiger partial charge in [0.25, 0.3) is 0 Å². The minimum Gasteiger partial charge on any atom is -0.316 e. The molecule has 1 fully saturated rings. The number of rotatable bonds is 3. The van der Waals surface area contributed by atoms with Crippen LogP contribution in [-0.2, 0) is 6.42 Å². The Bertz CT molecular complexity index is 355. The summed E-state index contributed by atoms with van der Waals surface area (Å²) in [6.07, 6.45) is 2.06. The average Bonchev–Trinajstić information content (AvgIpc) is 2.17. The van der Waals surface area contributed by atoms with Gasteiger partial charge in [-0.15, -0.1) is 0 Å². The lowest BCUT2D eigenvalue weighted by Crippen LogP contribution is -2.54. The van der Waals surface area contributed by atoms with E-state index in [1.54, 1.807) is 12.1 Å². The summed E-state index contributed by atoms with van der Waals surface area (Å²) < 4.78 is 13.2. The summed E-state index contributed by atoms with van der Waals surface area (Å²) in [7, 11) is 0. The largest absolute Gasteiger partial charge is 0.316 e. The molecule has 0 unspecified atom stereocenters. The second-order valence-electron chi connectivity index (χ2n) is 4.38. The van der Waals surface area contributed by atoms with Crippen molar-refractivity contribution in [2.75, 3.05) is 13.1 Å². The lowest BCUT2D eigenvalue weighted by molar-refractivity contribution is 0.160. The molecule has 0 aliphatic carbocycles. The van der Waals surface area contributed by atoms with Crippen LogP contribution < -0.4 is 5.32 Å². The summed E-state index contributed by atoms with van der Waals surface area (Å²) in [5.41, 5.74) is 1.38. The van der Waals surface area contributed by atoms with Crippen molar-refractivity contribution in [3.8, 4) is 0 Å². The topological polar surface area (TPSA) is 12.0 Å². The van der Waals surface area contributed by atoms with Crippen LogP contribution in [0.1, 0.15) is 18.9 Å². The Morgan fingerprint density at radius 1 is 1.47 bits per heavy atom. The second-order valence-corrected chi connectivity index (χ2v) is 4.79. The molecule has 82 valence electrons. The first kappa shape index (κ1) is 10.9. The molecule has 0 bridgehead atoms. The Balaban J connectivity index is 2.13. The quantitative estimate of drug-likeness (QED) is 0.837. The van der Waals surface area contributed by atoms with Gasteiger partial charge < -0.3 is 5.32 Å². The molecule has 1 nitrogen and oxygen atoms in total. The summed E-state index contributed by atoms with van der Waals surface area (Å²) >= 11 is 5.65. The maximum absolute atomic E-state index is 13.2. The van der Waals surface area contributed by atoms with Crippen LogP contribution in [0.15, 0.2) is 18.2 Å². The van der Waals surface area contributed by atoms with Crippen molar-refractivity contribution >= 4 is 11.6 Å². The van der Waals surface area contributed by atoms with Crippen LogP contribution in [0.4, 0.5) is 4.39 Å². The normalized spacial score (nSPS) is 18.6. The van der Waals surface area contributed by atoms with Crippen LogP contribution in [0, 0.1) is 11.2 Å². The van der Waals surface area contributed by atoms with Crippen LogP contribution in [0.3, 0.4) is 0 Å². The van der Waals surface area contributed by atoms with E-state index >= 15 is 0 Å². The molecule has 0 spiro atoms. The van der Waals surface area contributed by atoms with E-state index in [0.717, 1.165) is 31.5 Å². The van der Waals surface area contributed by atoms with Crippen molar-refractivity contribution in [3.63, 3.8) is 0 Å². The van der Waals surface area contributed by atoms with E-state index in [4.69, 9.17) is 11.6 Å². The third kappa shape index (κ3) is 2.16. The standard InChI is InChI=1S/C12H15ClFN/c1-2-12(7-15-8-12)6-9-3-4-10(13)11(14)5-9/h3-5,15H,2,6-8H2,1H3. The van der Waals surface area contributed by atoms with Crippen molar-refractivity contribution in [1.29, 1.82) is 0 Å². The second kappa shape index (κ2) is 4.11. The Morgan fingerprint density at radius 2 is 2.20 bits per heavy atom. The predicted molar refractivity (Wildman–Crippen MR) is 60.7 cm³/mol. The fraction of sp³-hybridized carbons (Fsp3) is 0.500. The fourth-order valence-corrected chi connectivity index (χ4v) is 2.18. The molecule has 0 radical (unpaired) electrons. The molecule has 1 aromatic rings. The summed E-state index contributed by atoms with van der Waals surface area (Å²) in [6.45, 7) is 4.26. The minimum absolute atomic E-state index is 0.205. The van der Waals surface area contributed by atoms with E-state index in [-0.39, 0.29) is 10.8 Å². The van der Waals surface area contributed by atoms with Crippen molar-refractivity contribution in [1.82, 2.24) is 5.32 Å². The van der Waals surface area contributed by atoms with E-state index in [1.165, 1.54) is 0 Å². The number of nitrogens with one attached hydrogen (secondary N) is 1. The molecule has 0 aromatic heterocycles. The molecule has 1 aliphatic heterocycles. The van der Waals surface area contributed by atoms with Gasteiger partial charge in [0.1, 0.15) is 5.82 Å². The molecule has 0 atom stereocenters. The first-order valence-electron chi connectivity index (χ1n) is 5.30. The van der Waals surface area contributed by atoms with Crippen LogP contribution in [0.25, 0.3) is 0 Å². The van der Waals surface area contributed by atoms with Gasteiger partial charge >= 0.3 is 0 Å². The smallest absolute Gasteiger partial charge is 0.142 e. The molecule has 3 heteroatoms. The third-order valence-electron chi connectivity index (χ3n) is 3.31. The highest BCUT2D eigenvalue weighted by Crippen LogP contribution is 2.31. The van der Waals surface area contributed by atoms with Gasteiger partial charge in [0.2, 0.25) is 0 Å². The Morgan fingerprint density at radius 3 is 2.67 bits per heavy atom. The predicted octanol–water partition coefficient (Wildman–Crippen LogP) is 3.02. The maximum atomic E-state index is 13.2. The zero-order valence-electron chi connectivity index (χ0n) is 8.82. The van der Waals surface area contributed by atoms with Crippen molar-refractivity contribution < 1.29 is 4.39 Å². The minimum atomic E-state index is -0.312. The third-order valence-corrected chi connectivity index (χ3v) is 3.62. The van der Waals surface area contributed by atoms with E-state index in [9.17, 15) is 4.39 Å². The molecule has 0 amide bonds. The highest BCUT2D eigenvalue weighted by molar-refractivity contribution is 6.30. The van der Waals surface area contributed by atoms with Crippen LogP contribution in [0.5, 0.6) is 0 Å². The monoisotopic (exact) mass is 227 g/mol. The average molecular weight is 228 g/mol. The molecular formula is C12H15ClFN. The van der Waals surface area contributed by atoms with Crippen molar-refractivity contribution in [2.45, 2.75) is 19.8 Å². The summed E-state index contributed by atoms with van der Waals surface area (Å²) in [6, 6.07) is 5.11. The first-order chi connectivity index (χ1) is 7.15. The number of benzene rings is 1. The Kier molecular flexibility index (Phi) is 2.98. The van der Waals surface area contributed by atoms with Crippen molar-refractivity contribution in [3.05, 3.63) is 34.6 Å². The summed E-state index contributed by atoms with van der Waals surface area (Å²) in [4.78, 5) is 0. The summed E-state index contributed by atoms with van der Waals surface area (Å²) in [5.74, 6) is -0.312. The number of halogens is 2. The van der Waals surface area contributed by atoms with Gasteiger partial charge in [0.15, 0.2) is 0 Å². The van der Waals surface area contributed by atoms with Crippen LogP contribution in [-0.4, -0.2) is 13.1 Å². The zero-order valence-corrected chi connectivity index (χ0v) is 9.57. The van der Waals surface area contributed by atoms with Gasteiger partial charge in [-0.3, -0.25) is 0 Å². The molecule has 0 saturated carbocycles. The maximum Gasteiger partial charge on any atom is 0.142 e. The molecule has 1 saturated heterocycles.